The minimum absolute atomic E-state index is 0.114. The number of benzene rings is 1. The summed E-state index contributed by atoms with van der Waals surface area (Å²) in [6.45, 7) is 7.64. The Kier molecular flexibility index (Phi) is 11.5. The highest BCUT2D eigenvalue weighted by Crippen LogP contribution is 2.27. The molecule has 0 spiro atoms. The van der Waals surface area contributed by atoms with E-state index in [-0.39, 0.29) is 11.8 Å². The van der Waals surface area contributed by atoms with Crippen LogP contribution >= 0.6 is 0 Å². The van der Waals surface area contributed by atoms with Gasteiger partial charge in [0.1, 0.15) is 5.82 Å². The highest BCUT2D eigenvalue weighted by atomic mass is 16.5. The van der Waals surface area contributed by atoms with Crippen LogP contribution in [0.15, 0.2) is 24.3 Å². The first kappa shape index (κ1) is 27.2. The lowest BCUT2D eigenvalue weighted by Gasteiger charge is -2.33. The third-order valence-electron chi connectivity index (χ3n) is 7.19. The number of nitrogens with zero attached hydrogens (tertiary/aromatic N) is 3. The molecule has 2 aromatic rings. The molecule has 1 aliphatic rings. The molecule has 0 aliphatic heterocycles. The third-order valence-corrected chi connectivity index (χ3v) is 7.19. The Labute approximate surface area is 210 Å². The predicted molar refractivity (Wildman–Crippen MR) is 140 cm³/mol. The van der Waals surface area contributed by atoms with Gasteiger partial charge in [0.25, 0.3) is 0 Å². The average molecular weight is 485 g/mol. The van der Waals surface area contributed by atoms with E-state index in [0.717, 1.165) is 74.9 Å². The third kappa shape index (κ3) is 7.79. The number of para-hydroxylation sites is 2. The number of rotatable bonds is 16. The average Bonchev–Trinajstić information content (AvgIpc) is 3.26. The van der Waals surface area contributed by atoms with E-state index >= 15 is 0 Å². The Bertz CT molecular complexity index is 907. The van der Waals surface area contributed by atoms with Crippen LogP contribution in [-0.2, 0) is 20.9 Å². The first-order valence-corrected chi connectivity index (χ1v) is 13.7. The quantitative estimate of drug-likeness (QED) is 0.268. The van der Waals surface area contributed by atoms with E-state index in [1.54, 1.807) is 0 Å². The van der Waals surface area contributed by atoms with Gasteiger partial charge in [0.05, 0.1) is 17.6 Å². The summed E-state index contributed by atoms with van der Waals surface area (Å²) >= 11 is 0. The van der Waals surface area contributed by atoms with Gasteiger partial charge < -0.3 is 19.5 Å². The number of aromatic nitrogens is 2. The van der Waals surface area contributed by atoms with Crippen molar-refractivity contribution in [1.82, 2.24) is 19.8 Å². The van der Waals surface area contributed by atoms with E-state index in [2.05, 4.69) is 34.7 Å². The van der Waals surface area contributed by atoms with Gasteiger partial charge in [0, 0.05) is 44.6 Å². The lowest BCUT2D eigenvalue weighted by molar-refractivity contribution is -0.134. The van der Waals surface area contributed by atoms with E-state index in [1.165, 1.54) is 19.3 Å². The summed E-state index contributed by atoms with van der Waals surface area (Å²) < 4.78 is 8.28. The number of hydrogen-bond acceptors (Lipinski definition) is 4. The molecule has 1 aromatic carbocycles. The summed E-state index contributed by atoms with van der Waals surface area (Å²) in [7, 11) is 0. The predicted octanol–water partition coefficient (Wildman–Crippen LogP) is 5.03. The summed E-state index contributed by atoms with van der Waals surface area (Å²) in [5, 5.41) is 2.76. The Balaban J connectivity index is 1.78. The first-order valence-electron chi connectivity index (χ1n) is 13.7. The summed E-state index contributed by atoms with van der Waals surface area (Å²) in [6.07, 6.45) is 11.1. The van der Waals surface area contributed by atoms with E-state index in [9.17, 15) is 9.59 Å². The monoisotopic (exact) mass is 484 g/mol. The number of fused-ring (bicyclic) bond motifs is 1. The maximum absolute atomic E-state index is 13.3. The van der Waals surface area contributed by atoms with Crippen LogP contribution in [-0.4, -0.2) is 59.1 Å². The molecule has 1 atom stereocenters. The van der Waals surface area contributed by atoms with Gasteiger partial charge in [-0.25, -0.2) is 4.98 Å². The topological polar surface area (TPSA) is 76.5 Å². The standard InChI is InChI=1S/C28H44N4O3/c1-3-5-20-35-21-23(12-11-18-29-22-33)28-30-25-15-9-10-16-26(25)32(28)19-17-27(34)31(4-2)24-13-7-6-8-14-24/h9-10,15-16,22-24H,3-8,11-14,17-21H2,1-2H3,(H,29,33). The molecule has 7 heteroatoms. The molecular formula is C28H44N4O3. The number of imidazole rings is 1. The van der Waals surface area contributed by atoms with Crippen molar-refractivity contribution in [2.75, 3.05) is 26.3 Å². The highest BCUT2D eigenvalue weighted by Gasteiger charge is 2.25. The zero-order valence-corrected chi connectivity index (χ0v) is 21.7. The molecule has 1 N–H and O–H groups in total. The molecule has 1 fully saturated rings. The molecule has 1 unspecified atom stereocenters. The van der Waals surface area contributed by atoms with Crippen LogP contribution in [0.5, 0.6) is 0 Å². The largest absolute Gasteiger partial charge is 0.381 e. The zero-order valence-electron chi connectivity index (χ0n) is 21.7. The Hall–Kier alpha value is -2.41. The molecule has 7 nitrogen and oxygen atoms in total. The summed E-state index contributed by atoms with van der Waals surface area (Å²) in [5.74, 6) is 1.35. The molecule has 2 amide bonds. The number of nitrogens with one attached hydrogen (secondary N) is 1. The Morgan fingerprint density at radius 2 is 2.03 bits per heavy atom. The van der Waals surface area contributed by atoms with Crippen molar-refractivity contribution in [1.29, 1.82) is 0 Å². The molecule has 194 valence electrons. The van der Waals surface area contributed by atoms with Gasteiger partial charge >= 0.3 is 0 Å². The molecule has 35 heavy (non-hydrogen) atoms. The van der Waals surface area contributed by atoms with Crippen LogP contribution in [0.4, 0.5) is 0 Å². The molecule has 1 aliphatic carbocycles. The van der Waals surface area contributed by atoms with Gasteiger partial charge in [-0.2, -0.15) is 0 Å². The number of hydrogen-bond donors (Lipinski definition) is 1. The van der Waals surface area contributed by atoms with Gasteiger partial charge in [0.2, 0.25) is 12.3 Å². The molecule has 0 bridgehead atoms. The Morgan fingerprint density at radius 1 is 1.23 bits per heavy atom. The fourth-order valence-electron chi connectivity index (χ4n) is 5.29. The van der Waals surface area contributed by atoms with Crippen molar-refractivity contribution in [3.63, 3.8) is 0 Å². The van der Waals surface area contributed by atoms with E-state index in [4.69, 9.17) is 9.72 Å². The number of aryl methyl sites for hydroxylation is 1. The molecule has 3 rings (SSSR count). The lowest BCUT2D eigenvalue weighted by atomic mass is 9.94. The van der Waals surface area contributed by atoms with Gasteiger partial charge in [-0.1, -0.05) is 44.7 Å². The van der Waals surface area contributed by atoms with Gasteiger partial charge in [-0.3, -0.25) is 9.59 Å². The lowest BCUT2D eigenvalue weighted by Crippen LogP contribution is -2.41. The SMILES string of the molecule is CCCCOCC(CCCNC=O)c1nc2ccccc2n1CCC(=O)N(CC)C1CCCCC1. The second kappa shape index (κ2) is 14.9. The fraction of sp³-hybridized carbons (Fsp3) is 0.679. The molecule has 1 heterocycles. The molecule has 0 saturated heterocycles. The van der Waals surface area contributed by atoms with Crippen molar-refractivity contribution in [2.45, 2.75) is 96.6 Å². The van der Waals surface area contributed by atoms with Crippen molar-refractivity contribution in [3.8, 4) is 0 Å². The van der Waals surface area contributed by atoms with E-state index in [1.807, 2.05) is 18.2 Å². The van der Waals surface area contributed by atoms with Crippen LogP contribution in [0.25, 0.3) is 11.0 Å². The fourth-order valence-corrected chi connectivity index (χ4v) is 5.29. The molecule has 0 radical (unpaired) electrons. The molecular weight excluding hydrogens is 440 g/mol. The van der Waals surface area contributed by atoms with Crippen LogP contribution in [0.1, 0.15) is 89.8 Å². The minimum atomic E-state index is 0.114. The first-order chi connectivity index (χ1) is 17.2. The maximum Gasteiger partial charge on any atom is 0.224 e. The molecule has 1 saturated carbocycles. The number of ether oxygens (including phenoxy) is 1. The van der Waals surface area contributed by atoms with Crippen LogP contribution in [0, 0.1) is 0 Å². The number of carbonyl (C=O) groups is 2. The van der Waals surface area contributed by atoms with Crippen molar-refractivity contribution in [2.24, 2.45) is 0 Å². The number of amides is 2. The van der Waals surface area contributed by atoms with Gasteiger partial charge in [0.15, 0.2) is 0 Å². The smallest absolute Gasteiger partial charge is 0.224 e. The zero-order chi connectivity index (χ0) is 24.9. The normalized spacial score (nSPS) is 15.3. The minimum Gasteiger partial charge on any atom is -0.381 e. The van der Waals surface area contributed by atoms with Crippen molar-refractivity contribution in [3.05, 3.63) is 30.1 Å². The Morgan fingerprint density at radius 3 is 2.77 bits per heavy atom. The summed E-state index contributed by atoms with van der Waals surface area (Å²) in [5.41, 5.74) is 2.03. The number of carbonyl (C=O) groups excluding carboxylic acids is 2. The van der Waals surface area contributed by atoms with Crippen molar-refractivity contribution >= 4 is 23.4 Å². The molecule has 1 aromatic heterocycles. The van der Waals surface area contributed by atoms with Crippen LogP contribution in [0.2, 0.25) is 0 Å². The van der Waals surface area contributed by atoms with Crippen LogP contribution < -0.4 is 5.32 Å². The second-order valence-electron chi connectivity index (χ2n) is 9.67. The highest BCUT2D eigenvalue weighted by molar-refractivity contribution is 5.78. The van der Waals surface area contributed by atoms with E-state index < -0.39 is 0 Å². The van der Waals surface area contributed by atoms with Crippen molar-refractivity contribution < 1.29 is 14.3 Å². The maximum atomic E-state index is 13.3. The summed E-state index contributed by atoms with van der Waals surface area (Å²) in [6, 6.07) is 8.58. The van der Waals surface area contributed by atoms with E-state index in [0.29, 0.717) is 32.2 Å². The summed E-state index contributed by atoms with van der Waals surface area (Å²) in [4.78, 5) is 31.1. The van der Waals surface area contributed by atoms with Gasteiger partial charge in [-0.15, -0.1) is 0 Å². The van der Waals surface area contributed by atoms with Gasteiger partial charge in [-0.05, 0) is 51.2 Å². The second-order valence-corrected chi connectivity index (χ2v) is 9.67. The number of unbranched alkanes of at least 4 members (excludes halogenated alkanes) is 1. The van der Waals surface area contributed by atoms with Crippen LogP contribution in [0.3, 0.4) is 0 Å².